The van der Waals surface area contributed by atoms with Crippen molar-refractivity contribution in [3.63, 3.8) is 0 Å². The Bertz CT molecular complexity index is 758. The van der Waals surface area contributed by atoms with Crippen LogP contribution in [0.5, 0.6) is 5.75 Å². The van der Waals surface area contributed by atoms with Gasteiger partial charge in [-0.2, -0.15) is 0 Å². The average Bonchev–Trinajstić information content (AvgIpc) is 2.88. The molecule has 128 valence electrons. The van der Waals surface area contributed by atoms with Crippen LogP contribution in [0.2, 0.25) is 0 Å². The van der Waals surface area contributed by atoms with Gasteiger partial charge in [0.15, 0.2) is 11.9 Å². The summed E-state index contributed by atoms with van der Waals surface area (Å²) in [6.45, 7) is 4.10. The molecule has 1 amide bonds. The Kier molecular flexibility index (Phi) is 3.14. The smallest absolute Gasteiger partial charge is 0.252 e. The molecule has 4 atom stereocenters. The number of nitrogens with two attached hydrogens (primary N) is 1. The van der Waals surface area contributed by atoms with E-state index in [-0.39, 0.29) is 11.7 Å². The van der Waals surface area contributed by atoms with E-state index in [2.05, 4.69) is 0 Å². The number of benzene rings is 1. The first-order valence-electron chi connectivity index (χ1n) is 8.74. The SMILES string of the molecule is CCC[C@]12c3c4ccc(C(N)=O)c3O[C@H]1C(=O)CC[C@@]2(O)[C@H](C)C4. The summed E-state index contributed by atoms with van der Waals surface area (Å²) in [7, 11) is 0. The molecule has 4 rings (SSSR count). The highest BCUT2D eigenvalue weighted by molar-refractivity contribution is 5.98. The highest BCUT2D eigenvalue weighted by atomic mass is 16.5. The van der Waals surface area contributed by atoms with E-state index in [9.17, 15) is 14.7 Å². The van der Waals surface area contributed by atoms with E-state index < -0.39 is 23.0 Å². The monoisotopic (exact) mass is 329 g/mol. The number of aliphatic hydroxyl groups is 1. The molecular weight excluding hydrogens is 306 g/mol. The molecular formula is C19H23NO4. The van der Waals surface area contributed by atoms with Crippen LogP contribution in [0, 0.1) is 5.92 Å². The summed E-state index contributed by atoms with van der Waals surface area (Å²) in [6.07, 6.45) is 2.24. The van der Waals surface area contributed by atoms with Crippen molar-refractivity contribution in [3.8, 4) is 5.75 Å². The lowest BCUT2D eigenvalue weighted by Gasteiger charge is -2.56. The molecule has 1 aromatic rings. The van der Waals surface area contributed by atoms with Crippen molar-refractivity contribution in [1.29, 1.82) is 0 Å². The Morgan fingerprint density at radius 1 is 1.46 bits per heavy atom. The number of primary amides is 1. The van der Waals surface area contributed by atoms with Crippen molar-refractivity contribution in [3.05, 3.63) is 28.8 Å². The maximum Gasteiger partial charge on any atom is 0.252 e. The van der Waals surface area contributed by atoms with Gasteiger partial charge < -0.3 is 15.6 Å². The molecule has 24 heavy (non-hydrogen) atoms. The molecule has 0 aromatic heterocycles. The van der Waals surface area contributed by atoms with Crippen LogP contribution in [0.15, 0.2) is 12.1 Å². The van der Waals surface area contributed by atoms with E-state index in [4.69, 9.17) is 10.5 Å². The molecule has 0 unspecified atom stereocenters. The van der Waals surface area contributed by atoms with Gasteiger partial charge in [-0.15, -0.1) is 0 Å². The second-order valence-corrected chi connectivity index (χ2v) is 7.56. The molecule has 1 fully saturated rings. The zero-order valence-corrected chi connectivity index (χ0v) is 14.1. The van der Waals surface area contributed by atoms with Gasteiger partial charge in [-0.05, 0) is 36.8 Å². The van der Waals surface area contributed by atoms with E-state index in [0.717, 1.165) is 17.5 Å². The van der Waals surface area contributed by atoms with E-state index in [1.807, 2.05) is 19.9 Å². The highest BCUT2D eigenvalue weighted by Crippen LogP contribution is 2.63. The van der Waals surface area contributed by atoms with Crippen LogP contribution in [0.1, 0.15) is 61.0 Å². The van der Waals surface area contributed by atoms with Crippen LogP contribution < -0.4 is 10.5 Å². The maximum atomic E-state index is 12.7. The molecule has 5 heteroatoms. The van der Waals surface area contributed by atoms with Crippen molar-refractivity contribution in [2.24, 2.45) is 11.7 Å². The third-order valence-electron chi connectivity index (χ3n) is 6.44. The molecule has 1 aromatic carbocycles. The number of hydrogen-bond acceptors (Lipinski definition) is 4. The standard InChI is InChI=1S/C19H23NO4/c1-3-7-18-14-11-4-5-12(17(20)22)15(14)24-16(18)13(21)6-8-19(18,23)10(2)9-11/h4-5,10,16,23H,3,6-9H2,1-2H3,(H2,20,22)/t10-,16+,18+,19-/m1/s1. The second kappa shape index (κ2) is 4.82. The molecule has 5 nitrogen and oxygen atoms in total. The van der Waals surface area contributed by atoms with Crippen LogP contribution >= 0.6 is 0 Å². The maximum absolute atomic E-state index is 12.7. The molecule has 1 heterocycles. The number of carbonyl (C=O) groups excluding carboxylic acids is 2. The number of hydrogen-bond donors (Lipinski definition) is 2. The van der Waals surface area contributed by atoms with Crippen LogP contribution in [0.4, 0.5) is 0 Å². The van der Waals surface area contributed by atoms with Gasteiger partial charge in [-0.3, -0.25) is 9.59 Å². The van der Waals surface area contributed by atoms with Crippen molar-refractivity contribution in [2.75, 3.05) is 0 Å². The fourth-order valence-electron chi connectivity index (χ4n) is 5.45. The summed E-state index contributed by atoms with van der Waals surface area (Å²) in [4.78, 5) is 24.5. The highest BCUT2D eigenvalue weighted by Gasteiger charge is 2.69. The molecule has 0 spiro atoms. The summed E-state index contributed by atoms with van der Waals surface area (Å²) in [5, 5.41) is 11.7. The minimum absolute atomic E-state index is 0.0137. The van der Waals surface area contributed by atoms with Crippen LogP contribution in [-0.4, -0.2) is 28.5 Å². The number of ether oxygens (including phenoxy) is 1. The Morgan fingerprint density at radius 2 is 2.21 bits per heavy atom. The van der Waals surface area contributed by atoms with Crippen LogP contribution in [-0.2, 0) is 16.6 Å². The van der Waals surface area contributed by atoms with Gasteiger partial charge in [0.1, 0.15) is 5.75 Å². The molecule has 1 aliphatic heterocycles. The van der Waals surface area contributed by atoms with Gasteiger partial charge in [0, 0.05) is 12.0 Å². The number of ketones is 1. The van der Waals surface area contributed by atoms with Crippen molar-refractivity contribution >= 4 is 11.7 Å². The van der Waals surface area contributed by atoms with E-state index in [0.29, 0.717) is 37.0 Å². The fraction of sp³-hybridized carbons (Fsp3) is 0.579. The Morgan fingerprint density at radius 3 is 2.88 bits per heavy atom. The van der Waals surface area contributed by atoms with Crippen molar-refractivity contribution in [2.45, 2.75) is 63.1 Å². The normalized spacial score (nSPS) is 36.2. The Balaban J connectivity index is 2.08. The number of Topliss-reactive ketones (excluding diaryl/α,β-unsaturated/α-hetero) is 1. The molecule has 0 radical (unpaired) electrons. The number of rotatable bonds is 3. The van der Waals surface area contributed by atoms with Gasteiger partial charge in [0.25, 0.3) is 5.91 Å². The number of carbonyl (C=O) groups is 2. The minimum atomic E-state index is -0.990. The molecule has 0 saturated heterocycles. The molecule has 3 N–H and O–H groups in total. The summed E-state index contributed by atoms with van der Waals surface area (Å²) < 4.78 is 6.07. The van der Waals surface area contributed by atoms with Crippen molar-refractivity contribution < 1.29 is 19.4 Å². The Hall–Kier alpha value is -1.88. The molecule has 3 aliphatic rings. The third kappa shape index (κ3) is 1.59. The van der Waals surface area contributed by atoms with Gasteiger partial charge >= 0.3 is 0 Å². The first-order chi connectivity index (χ1) is 11.4. The van der Waals surface area contributed by atoms with Gasteiger partial charge in [0.2, 0.25) is 0 Å². The lowest BCUT2D eigenvalue weighted by atomic mass is 9.49. The summed E-state index contributed by atoms with van der Waals surface area (Å²) in [5.41, 5.74) is 6.01. The number of amides is 1. The van der Waals surface area contributed by atoms with E-state index in [1.54, 1.807) is 6.07 Å². The molecule has 0 bridgehead atoms. The third-order valence-corrected chi connectivity index (χ3v) is 6.44. The van der Waals surface area contributed by atoms with E-state index >= 15 is 0 Å². The summed E-state index contributed by atoms with van der Waals surface area (Å²) in [5.74, 6) is -0.0901. The van der Waals surface area contributed by atoms with Crippen molar-refractivity contribution in [1.82, 2.24) is 0 Å². The lowest BCUT2D eigenvalue weighted by molar-refractivity contribution is -0.164. The minimum Gasteiger partial charge on any atom is -0.480 e. The topological polar surface area (TPSA) is 89.6 Å². The fourth-order valence-corrected chi connectivity index (χ4v) is 5.45. The average molecular weight is 329 g/mol. The summed E-state index contributed by atoms with van der Waals surface area (Å²) >= 11 is 0. The zero-order valence-electron chi connectivity index (χ0n) is 14.1. The predicted octanol–water partition coefficient (Wildman–Crippen LogP) is 1.87. The van der Waals surface area contributed by atoms with Gasteiger partial charge in [-0.1, -0.05) is 26.3 Å². The first kappa shape index (κ1) is 15.6. The van der Waals surface area contributed by atoms with Crippen LogP contribution in [0.25, 0.3) is 0 Å². The van der Waals surface area contributed by atoms with E-state index in [1.165, 1.54) is 0 Å². The predicted molar refractivity (Wildman–Crippen MR) is 88.0 cm³/mol. The molecule has 1 saturated carbocycles. The largest absolute Gasteiger partial charge is 0.480 e. The first-order valence-corrected chi connectivity index (χ1v) is 8.74. The zero-order chi connectivity index (χ0) is 17.3. The quantitative estimate of drug-likeness (QED) is 0.886. The van der Waals surface area contributed by atoms with Gasteiger partial charge in [0.05, 0.1) is 16.6 Å². The summed E-state index contributed by atoms with van der Waals surface area (Å²) in [6, 6.07) is 3.60. The lowest BCUT2D eigenvalue weighted by Crippen LogP contribution is -2.67. The van der Waals surface area contributed by atoms with Crippen LogP contribution in [0.3, 0.4) is 0 Å². The Labute approximate surface area is 141 Å². The van der Waals surface area contributed by atoms with Gasteiger partial charge in [-0.25, -0.2) is 0 Å². The molecule has 2 aliphatic carbocycles. The second-order valence-electron chi connectivity index (χ2n) is 7.56.